The molecule has 1 unspecified atom stereocenters. The van der Waals surface area contributed by atoms with Crippen LogP contribution in [0.2, 0.25) is 0 Å². The van der Waals surface area contributed by atoms with Gasteiger partial charge in [0.1, 0.15) is 0 Å². The fourth-order valence-corrected chi connectivity index (χ4v) is 2.81. The van der Waals surface area contributed by atoms with Crippen LogP contribution in [0.25, 0.3) is 10.8 Å². The molecule has 0 aliphatic rings. The van der Waals surface area contributed by atoms with E-state index in [-0.39, 0.29) is 6.04 Å². The number of pyridine rings is 1. The minimum absolute atomic E-state index is 0.126. The van der Waals surface area contributed by atoms with E-state index in [9.17, 15) is 0 Å². The summed E-state index contributed by atoms with van der Waals surface area (Å²) in [7, 11) is 0. The third kappa shape index (κ3) is 2.42. The Hall–Kier alpha value is -1.84. The maximum absolute atomic E-state index is 6.44. The number of fused-ring (bicyclic) bond motifs is 1. The van der Waals surface area contributed by atoms with Crippen molar-refractivity contribution in [2.75, 3.05) is 6.26 Å². The van der Waals surface area contributed by atoms with Crippen LogP contribution in [0.15, 0.2) is 65.8 Å². The second kappa shape index (κ2) is 5.65. The summed E-state index contributed by atoms with van der Waals surface area (Å²) < 4.78 is 0. The number of nitrogens with two attached hydrogens (primary N) is 1. The van der Waals surface area contributed by atoms with Gasteiger partial charge in [0.25, 0.3) is 0 Å². The van der Waals surface area contributed by atoms with E-state index >= 15 is 0 Å². The number of benzene rings is 2. The van der Waals surface area contributed by atoms with E-state index in [1.165, 1.54) is 10.3 Å². The van der Waals surface area contributed by atoms with Crippen LogP contribution in [0.3, 0.4) is 0 Å². The van der Waals surface area contributed by atoms with E-state index in [2.05, 4.69) is 47.6 Å². The molecule has 2 aromatic carbocycles. The molecule has 0 spiro atoms. The molecule has 1 aromatic heterocycles. The largest absolute Gasteiger partial charge is 0.320 e. The number of hydrogen-bond acceptors (Lipinski definition) is 3. The predicted molar refractivity (Wildman–Crippen MR) is 86.0 cm³/mol. The predicted octanol–water partition coefficient (Wildman–Crippen LogP) is 4.00. The average Bonchev–Trinajstić information content (AvgIpc) is 2.54. The molecule has 0 bridgehead atoms. The Labute approximate surface area is 123 Å². The molecule has 0 fully saturated rings. The van der Waals surface area contributed by atoms with Crippen LogP contribution in [-0.4, -0.2) is 11.2 Å². The molecule has 0 aliphatic carbocycles. The summed E-state index contributed by atoms with van der Waals surface area (Å²) in [6, 6.07) is 16.5. The van der Waals surface area contributed by atoms with E-state index < -0.39 is 0 Å². The Morgan fingerprint density at radius 3 is 2.60 bits per heavy atom. The summed E-state index contributed by atoms with van der Waals surface area (Å²) in [5.41, 5.74) is 8.68. The van der Waals surface area contributed by atoms with Crippen molar-refractivity contribution in [3.05, 3.63) is 72.1 Å². The summed E-state index contributed by atoms with van der Waals surface area (Å²) in [6.45, 7) is 0. The Bertz CT molecular complexity index is 717. The molecule has 0 saturated heterocycles. The van der Waals surface area contributed by atoms with E-state index in [1.807, 2.05) is 24.5 Å². The number of nitrogens with zero attached hydrogens (tertiary/aromatic N) is 1. The SMILES string of the molecule is CSc1ccc(C(N)c2cccc3ccncc23)cc1. The van der Waals surface area contributed by atoms with Crippen LogP contribution < -0.4 is 5.73 Å². The Balaban J connectivity index is 2.05. The molecule has 0 amide bonds. The Kier molecular flexibility index (Phi) is 3.72. The second-order valence-corrected chi connectivity index (χ2v) is 5.57. The minimum atomic E-state index is -0.126. The number of thioether (sulfide) groups is 1. The smallest absolute Gasteiger partial charge is 0.0558 e. The number of hydrogen-bond donors (Lipinski definition) is 1. The molecule has 0 radical (unpaired) electrons. The molecule has 3 rings (SSSR count). The van der Waals surface area contributed by atoms with Crippen LogP contribution in [0.5, 0.6) is 0 Å². The van der Waals surface area contributed by atoms with Gasteiger partial charge in [0.15, 0.2) is 0 Å². The fraction of sp³-hybridized carbons (Fsp3) is 0.118. The van der Waals surface area contributed by atoms with E-state index in [0.717, 1.165) is 16.5 Å². The highest BCUT2D eigenvalue weighted by atomic mass is 32.2. The van der Waals surface area contributed by atoms with Crippen LogP contribution in [-0.2, 0) is 0 Å². The molecule has 20 heavy (non-hydrogen) atoms. The molecule has 2 N–H and O–H groups in total. The summed E-state index contributed by atoms with van der Waals surface area (Å²) in [5, 5.41) is 2.30. The Morgan fingerprint density at radius 2 is 1.85 bits per heavy atom. The summed E-state index contributed by atoms with van der Waals surface area (Å²) in [5.74, 6) is 0. The van der Waals surface area contributed by atoms with Crippen LogP contribution in [0, 0.1) is 0 Å². The van der Waals surface area contributed by atoms with E-state index in [4.69, 9.17) is 5.73 Å². The zero-order chi connectivity index (χ0) is 13.9. The lowest BCUT2D eigenvalue weighted by atomic mass is 9.95. The first-order chi connectivity index (χ1) is 9.79. The van der Waals surface area contributed by atoms with E-state index in [0.29, 0.717) is 0 Å². The van der Waals surface area contributed by atoms with Crippen LogP contribution in [0.4, 0.5) is 0 Å². The molecule has 100 valence electrons. The highest BCUT2D eigenvalue weighted by Gasteiger charge is 2.12. The first kappa shape index (κ1) is 13.2. The molecule has 2 nitrogen and oxygen atoms in total. The average molecular weight is 280 g/mol. The van der Waals surface area contributed by atoms with Gasteiger partial charge in [-0.2, -0.15) is 0 Å². The van der Waals surface area contributed by atoms with Gasteiger partial charge in [-0.05, 0) is 41.0 Å². The summed E-state index contributed by atoms with van der Waals surface area (Å²) in [4.78, 5) is 5.47. The molecule has 0 aliphatic heterocycles. The van der Waals surface area contributed by atoms with Crippen LogP contribution in [0.1, 0.15) is 17.2 Å². The number of rotatable bonds is 3. The van der Waals surface area contributed by atoms with Gasteiger partial charge in [-0.25, -0.2) is 0 Å². The highest BCUT2D eigenvalue weighted by Crippen LogP contribution is 2.27. The quantitative estimate of drug-likeness (QED) is 0.737. The van der Waals surface area contributed by atoms with Crippen LogP contribution >= 0.6 is 11.8 Å². The molecule has 0 saturated carbocycles. The lowest BCUT2D eigenvalue weighted by Gasteiger charge is -2.15. The first-order valence-corrected chi connectivity index (χ1v) is 7.74. The topological polar surface area (TPSA) is 38.9 Å². The van der Waals surface area contributed by atoms with Crippen molar-refractivity contribution in [1.82, 2.24) is 4.98 Å². The highest BCUT2D eigenvalue weighted by molar-refractivity contribution is 7.98. The van der Waals surface area contributed by atoms with Gasteiger partial charge in [0.05, 0.1) is 6.04 Å². The van der Waals surface area contributed by atoms with Crippen molar-refractivity contribution in [3.63, 3.8) is 0 Å². The van der Waals surface area contributed by atoms with Crippen molar-refractivity contribution in [1.29, 1.82) is 0 Å². The third-order valence-corrected chi connectivity index (χ3v) is 4.27. The standard InChI is InChI=1S/C17H16N2S/c1-20-14-7-5-13(6-8-14)17(18)15-4-2-3-12-9-10-19-11-16(12)15/h2-11,17H,18H2,1H3. The van der Waals surface area contributed by atoms with Gasteiger partial charge >= 0.3 is 0 Å². The molecular weight excluding hydrogens is 264 g/mol. The van der Waals surface area contributed by atoms with Crippen molar-refractivity contribution in [3.8, 4) is 0 Å². The zero-order valence-corrected chi connectivity index (χ0v) is 12.1. The van der Waals surface area contributed by atoms with Gasteiger partial charge in [-0.1, -0.05) is 30.3 Å². The molecule has 1 heterocycles. The number of aromatic nitrogens is 1. The second-order valence-electron chi connectivity index (χ2n) is 4.69. The van der Waals surface area contributed by atoms with Crippen molar-refractivity contribution >= 4 is 22.5 Å². The van der Waals surface area contributed by atoms with Gasteiger partial charge < -0.3 is 5.73 Å². The summed E-state index contributed by atoms with van der Waals surface area (Å²) >= 11 is 1.74. The lowest BCUT2D eigenvalue weighted by Crippen LogP contribution is -2.12. The Morgan fingerprint density at radius 1 is 1.05 bits per heavy atom. The van der Waals surface area contributed by atoms with Gasteiger partial charge in [-0.15, -0.1) is 11.8 Å². The molecule has 1 atom stereocenters. The van der Waals surface area contributed by atoms with Gasteiger partial charge in [0, 0.05) is 22.7 Å². The third-order valence-electron chi connectivity index (χ3n) is 3.53. The van der Waals surface area contributed by atoms with Gasteiger partial charge in [0.2, 0.25) is 0 Å². The van der Waals surface area contributed by atoms with E-state index in [1.54, 1.807) is 11.8 Å². The zero-order valence-electron chi connectivity index (χ0n) is 11.3. The normalized spacial score (nSPS) is 12.5. The lowest BCUT2D eigenvalue weighted by molar-refractivity contribution is 0.878. The summed E-state index contributed by atoms with van der Waals surface area (Å²) in [6.07, 6.45) is 5.77. The van der Waals surface area contributed by atoms with Crippen molar-refractivity contribution in [2.24, 2.45) is 5.73 Å². The maximum atomic E-state index is 6.44. The van der Waals surface area contributed by atoms with Gasteiger partial charge in [-0.3, -0.25) is 4.98 Å². The first-order valence-electron chi connectivity index (χ1n) is 6.52. The maximum Gasteiger partial charge on any atom is 0.0558 e. The monoisotopic (exact) mass is 280 g/mol. The molecule has 3 heteroatoms. The molecular formula is C17H16N2S. The van der Waals surface area contributed by atoms with Crippen molar-refractivity contribution < 1.29 is 0 Å². The minimum Gasteiger partial charge on any atom is -0.320 e. The van der Waals surface area contributed by atoms with Crippen molar-refractivity contribution in [2.45, 2.75) is 10.9 Å². The molecule has 3 aromatic rings. The fourth-order valence-electron chi connectivity index (χ4n) is 2.40.